The molecular formula is C10H15ClN2S. The molecule has 1 aromatic rings. The Hall–Kier alpha value is -0.280. The van der Waals surface area contributed by atoms with Gasteiger partial charge in [0.05, 0.1) is 0 Å². The van der Waals surface area contributed by atoms with Crippen LogP contribution >= 0.6 is 23.4 Å². The van der Waals surface area contributed by atoms with Crippen molar-refractivity contribution in [3.63, 3.8) is 0 Å². The quantitative estimate of drug-likeness (QED) is 0.584. The fraction of sp³-hybridized carbons (Fsp3) is 0.600. The van der Waals surface area contributed by atoms with Crippen molar-refractivity contribution in [2.45, 2.75) is 32.2 Å². The number of aryl methyl sites for hydroxylation is 1. The molecule has 0 bridgehead atoms. The summed E-state index contributed by atoms with van der Waals surface area (Å²) in [7, 11) is 0. The first-order valence-corrected chi connectivity index (χ1v) is 6.12. The molecule has 4 heteroatoms. The number of aromatic nitrogens is 2. The highest BCUT2D eigenvalue weighted by Gasteiger charge is 2.03. The van der Waals surface area contributed by atoms with E-state index in [1.807, 2.05) is 13.0 Å². The topological polar surface area (TPSA) is 25.8 Å². The Bertz CT molecular complexity index is 284. The Kier molecular flexibility index (Phi) is 4.69. The first-order valence-electron chi connectivity index (χ1n) is 4.75. The van der Waals surface area contributed by atoms with Gasteiger partial charge < -0.3 is 0 Å². The lowest BCUT2D eigenvalue weighted by Crippen LogP contribution is -1.97. The maximum atomic E-state index is 5.83. The van der Waals surface area contributed by atoms with Crippen LogP contribution in [0.3, 0.4) is 0 Å². The monoisotopic (exact) mass is 230 g/mol. The summed E-state index contributed by atoms with van der Waals surface area (Å²) in [5, 5.41) is 1.51. The number of halogens is 1. The molecule has 0 spiro atoms. The summed E-state index contributed by atoms with van der Waals surface area (Å²) in [5.41, 5.74) is 0. The average Bonchev–Trinajstić information content (AvgIpc) is 2.12. The number of rotatable bonds is 4. The van der Waals surface area contributed by atoms with Gasteiger partial charge in [-0.15, -0.1) is 11.8 Å². The Labute approximate surface area is 94.5 Å². The minimum absolute atomic E-state index is 0.532. The molecule has 1 aromatic heterocycles. The van der Waals surface area contributed by atoms with E-state index in [0.29, 0.717) is 11.1 Å². The van der Waals surface area contributed by atoms with Gasteiger partial charge >= 0.3 is 0 Å². The first kappa shape index (κ1) is 11.8. The van der Waals surface area contributed by atoms with Gasteiger partial charge in [0.25, 0.3) is 0 Å². The smallest absolute Gasteiger partial charge is 0.133 e. The fourth-order valence-electron chi connectivity index (χ4n) is 0.925. The molecule has 1 unspecified atom stereocenters. The van der Waals surface area contributed by atoms with E-state index in [1.165, 1.54) is 6.42 Å². The van der Waals surface area contributed by atoms with E-state index >= 15 is 0 Å². The number of hydrogen-bond donors (Lipinski definition) is 0. The SMILES string of the molecule is CCC(C)CSc1cc(Cl)nc(C)n1. The Morgan fingerprint density at radius 1 is 1.50 bits per heavy atom. The highest BCUT2D eigenvalue weighted by Crippen LogP contribution is 2.21. The van der Waals surface area contributed by atoms with E-state index < -0.39 is 0 Å². The lowest BCUT2D eigenvalue weighted by molar-refractivity contribution is 0.636. The van der Waals surface area contributed by atoms with Gasteiger partial charge in [0, 0.05) is 11.8 Å². The lowest BCUT2D eigenvalue weighted by atomic mass is 10.2. The summed E-state index contributed by atoms with van der Waals surface area (Å²) in [4.78, 5) is 8.33. The standard InChI is InChI=1S/C10H15ClN2S/c1-4-7(2)6-14-10-5-9(11)12-8(3)13-10/h5,7H,4,6H2,1-3H3. The number of hydrogen-bond acceptors (Lipinski definition) is 3. The van der Waals surface area contributed by atoms with Gasteiger partial charge in [-0.05, 0) is 12.8 Å². The third-order valence-corrected chi connectivity index (χ3v) is 3.43. The van der Waals surface area contributed by atoms with Crippen molar-refractivity contribution < 1.29 is 0 Å². The van der Waals surface area contributed by atoms with Crippen molar-refractivity contribution in [3.05, 3.63) is 17.0 Å². The molecule has 1 atom stereocenters. The molecule has 0 saturated heterocycles. The summed E-state index contributed by atoms with van der Waals surface area (Å²) in [6.07, 6.45) is 1.20. The van der Waals surface area contributed by atoms with Crippen LogP contribution in [0.1, 0.15) is 26.1 Å². The second-order valence-corrected chi connectivity index (χ2v) is 4.83. The largest absolute Gasteiger partial charge is 0.227 e. The second-order valence-electron chi connectivity index (χ2n) is 3.40. The van der Waals surface area contributed by atoms with Crippen molar-refractivity contribution in [2.24, 2.45) is 5.92 Å². The molecule has 0 aliphatic heterocycles. The Balaban J connectivity index is 2.58. The zero-order valence-corrected chi connectivity index (χ0v) is 10.3. The number of thioether (sulfide) groups is 1. The summed E-state index contributed by atoms with van der Waals surface area (Å²) >= 11 is 7.58. The molecule has 0 amide bonds. The van der Waals surface area contributed by atoms with Crippen LogP contribution in [-0.2, 0) is 0 Å². The summed E-state index contributed by atoms with van der Waals surface area (Å²) in [6.45, 7) is 6.30. The van der Waals surface area contributed by atoms with Crippen LogP contribution < -0.4 is 0 Å². The van der Waals surface area contributed by atoms with Gasteiger partial charge in [-0.1, -0.05) is 31.9 Å². The molecule has 1 rings (SSSR count). The molecule has 0 aromatic carbocycles. The van der Waals surface area contributed by atoms with Gasteiger partial charge in [0.1, 0.15) is 16.0 Å². The van der Waals surface area contributed by atoms with Gasteiger partial charge in [-0.25, -0.2) is 9.97 Å². The minimum Gasteiger partial charge on any atom is -0.227 e. The van der Waals surface area contributed by atoms with E-state index in [0.717, 1.165) is 16.6 Å². The fourth-order valence-corrected chi connectivity index (χ4v) is 2.30. The number of nitrogens with zero attached hydrogens (tertiary/aromatic N) is 2. The predicted molar refractivity (Wildman–Crippen MR) is 62.0 cm³/mol. The Morgan fingerprint density at radius 2 is 2.21 bits per heavy atom. The highest BCUT2D eigenvalue weighted by molar-refractivity contribution is 7.99. The van der Waals surface area contributed by atoms with Crippen LogP contribution in [0.25, 0.3) is 0 Å². The molecule has 0 saturated carbocycles. The zero-order valence-electron chi connectivity index (χ0n) is 8.75. The molecule has 0 aliphatic rings. The van der Waals surface area contributed by atoms with Crippen LogP contribution in [0.4, 0.5) is 0 Å². The molecular weight excluding hydrogens is 216 g/mol. The maximum absolute atomic E-state index is 5.83. The van der Waals surface area contributed by atoms with Gasteiger partial charge in [-0.2, -0.15) is 0 Å². The van der Waals surface area contributed by atoms with E-state index in [-0.39, 0.29) is 0 Å². The van der Waals surface area contributed by atoms with Crippen LogP contribution in [0.5, 0.6) is 0 Å². The molecule has 14 heavy (non-hydrogen) atoms. The van der Waals surface area contributed by atoms with E-state index in [2.05, 4.69) is 23.8 Å². The van der Waals surface area contributed by atoms with Crippen molar-refractivity contribution in [1.82, 2.24) is 9.97 Å². The third-order valence-electron chi connectivity index (χ3n) is 2.00. The third kappa shape index (κ3) is 3.84. The first-order chi connectivity index (χ1) is 6.61. The van der Waals surface area contributed by atoms with Gasteiger partial charge in [-0.3, -0.25) is 0 Å². The van der Waals surface area contributed by atoms with Crippen LogP contribution in [0, 0.1) is 12.8 Å². The van der Waals surface area contributed by atoms with Crippen molar-refractivity contribution in [3.8, 4) is 0 Å². The van der Waals surface area contributed by atoms with Crippen LogP contribution in [-0.4, -0.2) is 15.7 Å². The molecule has 0 radical (unpaired) electrons. The highest BCUT2D eigenvalue weighted by atomic mass is 35.5. The van der Waals surface area contributed by atoms with Gasteiger partial charge in [0.2, 0.25) is 0 Å². The molecule has 0 fully saturated rings. The normalized spacial score (nSPS) is 12.9. The summed E-state index contributed by atoms with van der Waals surface area (Å²) < 4.78 is 0. The molecule has 78 valence electrons. The maximum Gasteiger partial charge on any atom is 0.133 e. The average molecular weight is 231 g/mol. The minimum atomic E-state index is 0.532. The molecule has 2 nitrogen and oxygen atoms in total. The van der Waals surface area contributed by atoms with Gasteiger partial charge in [0.15, 0.2) is 0 Å². The van der Waals surface area contributed by atoms with Crippen molar-refractivity contribution in [2.75, 3.05) is 5.75 Å². The lowest BCUT2D eigenvalue weighted by Gasteiger charge is -2.07. The van der Waals surface area contributed by atoms with E-state index in [4.69, 9.17) is 11.6 Å². The second kappa shape index (κ2) is 5.56. The predicted octanol–water partition coefficient (Wildman–Crippen LogP) is 3.58. The van der Waals surface area contributed by atoms with Crippen LogP contribution in [0.2, 0.25) is 5.15 Å². The molecule has 0 N–H and O–H groups in total. The van der Waals surface area contributed by atoms with E-state index in [1.54, 1.807) is 11.8 Å². The van der Waals surface area contributed by atoms with Crippen molar-refractivity contribution in [1.29, 1.82) is 0 Å². The molecule has 0 aliphatic carbocycles. The molecule has 1 heterocycles. The Morgan fingerprint density at radius 3 is 2.79 bits per heavy atom. The van der Waals surface area contributed by atoms with Crippen LogP contribution in [0.15, 0.2) is 11.1 Å². The van der Waals surface area contributed by atoms with Crippen molar-refractivity contribution >= 4 is 23.4 Å². The summed E-state index contributed by atoms with van der Waals surface area (Å²) in [5.74, 6) is 2.54. The van der Waals surface area contributed by atoms with E-state index in [9.17, 15) is 0 Å². The summed E-state index contributed by atoms with van der Waals surface area (Å²) in [6, 6.07) is 1.82. The zero-order chi connectivity index (χ0) is 10.6.